The van der Waals surface area contributed by atoms with Gasteiger partial charge in [-0.1, -0.05) is 34.3 Å². The molecular weight excluding hydrogens is 504 g/mol. The van der Waals surface area contributed by atoms with Crippen molar-refractivity contribution in [2.75, 3.05) is 0 Å². The van der Waals surface area contributed by atoms with Crippen molar-refractivity contribution in [3.8, 4) is 0 Å². The normalized spacial score (nSPS) is 29.2. The molecule has 2 aliphatic carbocycles. The van der Waals surface area contributed by atoms with Gasteiger partial charge >= 0.3 is 23.9 Å². The summed E-state index contributed by atoms with van der Waals surface area (Å²) in [5.41, 5.74) is 0.978. The molecule has 218 valence electrons. The van der Waals surface area contributed by atoms with E-state index in [0.29, 0.717) is 17.6 Å². The zero-order chi connectivity index (χ0) is 29.8. The first-order valence-corrected chi connectivity index (χ1v) is 13.8. The Labute approximate surface area is 231 Å². The van der Waals surface area contributed by atoms with Gasteiger partial charge in [0, 0.05) is 32.3 Å². The van der Waals surface area contributed by atoms with E-state index in [9.17, 15) is 24.0 Å². The van der Waals surface area contributed by atoms with Gasteiger partial charge in [0.05, 0.1) is 11.8 Å². The van der Waals surface area contributed by atoms with Crippen molar-refractivity contribution in [3.05, 3.63) is 23.8 Å². The lowest BCUT2D eigenvalue weighted by Gasteiger charge is -2.48. The molecule has 9 unspecified atom stereocenters. The Morgan fingerprint density at radius 1 is 0.974 bits per heavy atom. The average molecular weight is 549 g/mol. The van der Waals surface area contributed by atoms with Gasteiger partial charge in [-0.3, -0.25) is 19.2 Å². The monoisotopic (exact) mass is 548 g/mol. The topological polar surface area (TPSA) is 122 Å². The SMILES string of the molecule is C=C1C2CC(=O)C(C(C)OC(C)=O)C2C(C(C)C)C(OC(=O)C(C)CC)C1OC(=O)C=C(C)C(C)OC(C)=O. The molecule has 0 aliphatic heterocycles. The maximum atomic E-state index is 13.3. The number of esters is 4. The van der Waals surface area contributed by atoms with Gasteiger partial charge in [0.25, 0.3) is 0 Å². The first kappa shape index (κ1) is 32.2. The molecule has 0 heterocycles. The Balaban J connectivity index is 2.52. The lowest BCUT2D eigenvalue weighted by molar-refractivity contribution is -0.182. The van der Waals surface area contributed by atoms with Crippen LogP contribution < -0.4 is 0 Å². The smallest absolute Gasteiger partial charge is 0.331 e. The Kier molecular flexibility index (Phi) is 11.1. The van der Waals surface area contributed by atoms with Crippen molar-refractivity contribution in [1.82, 2.24) is 0 Å². The van der Waals surface area contributed by atoms with Crippen LogP contribution in [-0.4, -0.2) is 54.1 Å². The summed E-state index contributed by atoms with van der Waals surface area (Å²) in [6.07, 6.45) is -1.19. The molecule has 2 saturated carbocycles. The lowest BCUT2D eigenvalue weighted by atomic mass is 9.62. The van der Waals surface area contributed by atoms with E-state index >= 15 is 0 Å². The minimum Gasteiger partial charge on any atom is -0.462 e. The molecule has 2 fully saturated rings. The van der Waals surface area contributed by atoms with Gasteiger partial charge in [0.2, 0.25) is 0 Å². The Morgan fingerprint density at radius 3 is 2.08 bits per heavy atom. The van der Waals surface area contributed by atoms with Gasteiger partial charge in [-0.2, -0.15) is 0 Å². The molecule has 0 N–H and O–H groups in total. The van der Waals surface area contributed by atoms with Crippen molar-refractivity contribution < 1.29 is 42.9 Å². The molecule has 0 radical (unpaired) electrons. The third-order valence-electron chi connectivity index (χ3n) is 8.10. The molecular formula is C30H44O9. The third kappa shape index (κ3) is 7.57. The summed E-state index contributed by atoms with van der Waals surface area (Å²) in [5.74, 6) is -4.21. The Morgan fingerprint density at radius 2 is 1.56 bits per heavy atom. The average Bonchev–Trinajstić information content (AvgIpc) is 3.16. The van der Waals surface area contributed by atoms with Crippen molar-refractivity contribution in [2.24, 2.45) is 35.5 Å². The summed E-state index contributed by atoms with van der Waals surface area (Å²) in [7, 11) is 0. The maximum absolute atomic E-state index is 13.3. The first-order valence-electron chi connectivity index (χ1n) is 13.8. The largest absolute Gasteiger partial charge is 0.462 e. The number of Topliss-reactive ketones (excluding diaryl/α,β-unsaturated/α-hetero) is 1. The van der Waals surface area contributed by atoms with Crippen LogP contribution >= 0.6 is 0 Å². The molecule has 0 spiro atoms. The second-order valence-corrected chi connectivity index (χ2v) is 11.3. The van der Waals surface area contributed by atoms with Crippen LogP contribution in [0.5, 0.6) is 0 Å². The number of carbonyl (C=O) groups excluding carboxylic acids is 5. The fourth-order valence-corrected chi connectivity index (χ4v) is 5.92. The molecule has 0 bridgehead atoms. The van der Waals surface area contributed by atoms with Crippen LogP contribution in [0.15, 0.2) is 23.8 Å². The van der Waals surface area contributed by atoms with Crippen molar-refractivity contribution in [2.45, 2.75) is 99.6 Å². The number of rotatable bonds is 10. The molecule has 2 rings (SSSR count). The second kappa shape index (κ2) is 13.4. The fourth-order valence-electron chi connectivity index (χ4n) is 5.92. The van der Waals surface area contributed by atoms with E-state index in [0.717, 1.165) is 0 Å². The van der Waals surface area contributed by atoms with E-state index in [1.807, 2.05) is 20.8 Å². The molecule has 0 saturated heterocycles. The predicted molar refractivity (Wildman–Crippen MR) is 143 cm³/mol. The number of carbonyl (C=O) groups is 5. The van der Waals surface area contributed by atoms with Gasteiger partial charge in [0.15, 0.2) is 6.10 Å². The highest BCUT2D eigenvalue weighted by Crippen LogP contribution is 2.54. The standard InChI is InChI=1S/C30H44O9/c1-11-15(4)30(35)39-29-25(14(2)3)27-22(13-23(33)26(27)19(8)37-21(10)32)17(6)28(29)38-24(34)12-16(5)18(7)36-20(9)31/h12,14-15,18-19,22,25-29H,6,11,13H2,1-5,7-10H3. The minimum atomic E-state index is -0.984. The highest BCUT2D eigenvalue weighted by Gasteiger charge is 2.60. The number of fused-ring (bicyclic) bond motifs is 1. The van der Waals surface area contributed by atoms with Crippen molar-refractivity contribution >= 4 is 29.7 Å². The van der Waals surface area contributed by atoms with Gasteiger partial charge in [-0.15, -0.1) is 0 Å². The molecule has 0 aromatic heterocycles. The van der Waals surface area contributed by atoms with E-state index < -0.39 is 54.2 Å². The van der Waals surface area contributed by atoms with Crippen LogP contribution in [0.3, 0.4) is 0 Å². The number of ketones is 1. The number of hydrogen-bond donors (Lipinski definition) is 0. The summed E-state index contributed by atoms with van der Waals surface area (Å²) in [6.45, 7) is 19.4. The minimum absolute atomic E-state index is 0.0597. The highest BCUT2D eigenvalue weighted by molar-refractivity contribution is 5.86. The second-order valence-electron chi connectivity index (χ2n) is 11.3. The molecule has 9 atom stereocenters. The maximum Gasteiger partial charge on any atom is 0.331 e. The van der Waals surface area contributed by atoms with Gasteiger partial charge in [-0.25, -0.2) is 4.79 Å². The quantitative estimate of drug-likeness (QED) is 0.169. The Bertz CT molecular complexity index is 1010. The van der Waals surface area contributed by atoms with Crippen LogP contribution in [0.2, 0.25) is 0 Å². The van der Waals surface area contributed by atoms with E-state index in [1.165, 1.54) is 19.9 Å². The van der Waals surface area contributed by atoms with E-state index in [-0.39, 0.29) is 41.8 Å². The van der Waals surface area contributed by atoms with Gasteiger partial charge in [0.1, 0.15) is 24.1 Å². The molecule has 0 aromatic carbocycles. The molecule has 2 aliphatic rings. The van der Waals surface area contributed by atoms with Crippen molar-refractivity contribution in [3.63, 3.8) is 0 Å². The molecule has 9 nitrogen and oxygen atoms in total. The number of hydrogen-bond acceptors (Lipinski definition) is 9. The summed E-state index contributed by atoms with van der Waals surface area (Å²) in [5, 5.41) is 0. The van der Waals surface area contributed by atoms with Crippen LogP contribution in [0, 0.1) is 35.5 Å². The molecule has 39 heavy (non-hydrogen) atoms. The predicted octanol–water partition coefficient (Wildman–Crippen LogP) is 4.37. The van der Waals surface area contributed by atoms with E-state index in [4.69, 9.17) is 18.9 Å². The van der Waals surface area contributed by atoms with Crippen molar-refractivity contribution in [1.29, 1.82) is 0 Å². The lowest BCUT2D eigenvalue weighted by Crippen LogP contribution is -2.55. The van der Waals surface area contributed by atoms with E-state index in [2.05, 4.69) is 6.58 Å². The highest BCUT2D eigenvalue weighted by atomic mass is 16.6. The molecule has 0 amide bonds. The Hall–Kier alpha value is -2.97. The molecule has 0 aromatic rings. The van der Waals surface area contributed by atoms with Crippen LogP contribution in [0.25, 0.3) is 0 Å². The van der Waals surface area contributed by atoms with Crippen LogP contribution in [-0.2, 0) is 42.9 Å². The van der Waals surface area contributed by atoms with Gasteiger partial charge in [-0.05, 0) is 56.1 Å². The number of ether oxygens (including phenoxy) is 4. The summed E-state index contributed by atoms with van der Waals surface area (Å²) < 4.78 is 22.6. The summed E-state index contributed by atoms with van der Waals surface area (Å²) in [4.78, 5) is 62.5. The van der Waals surface area contributed by atoms with Crippen LogP contribution in [0.1, 0.15) is 75.2 Å². The molecule has 9 heteroatoms. The fraction of sp³-hybridized carbons (Fsp3) is 0.700. The van der Waals surface area contributed by atoms with E-state index in [1.54, 1.807) is 27.7 Å². The zero-order valence-electron chi connectivity index (χ0n) is 24.6. The summed E-state index contributed by atoms with van der Waals surface area (Å²) in [6, 6.07) is 0. The first-order chi connectivity index (χ1) is 18.1. The summed E-state index contributed by atoms with van der Waals surface area (Å²) >= 11 is 0. The van der Waals surface area contributed by atoms with Crippen LogP contribution in [0.4, 0.5) is 0 Å². The third-order valence-corrected chi connectivity index (χ3v) is 8.10. The zero-order valence-corrected chi connectivity index (χ0v) is 24.6. The van der Waals surface area contributed by atoms with Gasteiger partial charge < -0.3 is 18.9 Å².